The van der Waals surface area contributed by atoms with Crippen LogP contribution >= 0.6 is 0 Å². The monoisotopic (exact) mass is 487 g/mol. The lowest BCUT2D eigenvalue weighted by atomic mass is 9.94. The Morgan fingerprint density at radius 3 is 2.40 bits per heavy atom. The Labute approximate surface area is 205 Å². The SMILES string of the molecule is CCOC(=O)OCOC(=O)C(C)CC(Cc1ccc(C2=CCCC=C2)cc1)NC(=O)CCC(=O)O. The van der Waals surface area contributed by atoms with E-state index in [0.717, 1.165) is 24.0 Å². The number of carbonyl (C=O) groups excluding carboxylic acids is 3. The number of benzene rings is 1. The van der Waals surface area contributed by atoms with E-state index in [4.69, 9.17) is 9.84 Å². The van der Waals surface area contributed by atoms with Crippen LogP contribution in [0.3, 0.4) is 0 Å². The summed E-state index contributed by atoms with van der Waals surface area (Å²) >= 11 is 0. The van der Waals surface area contributed by atoms with Crippen molar-refractivity contribution in [1.82, 2.24) is 5.32 Å². The predicted molar refractivity (Wildman–Crippen MR) is 128 cm³/mol. The molecule has 0 heterocycles. The fraction of sp³-hybridized carbons (Fsp3) is 0.462. The second-order valence-electron chi connectivity index (χ2n) is 8.24. The van der Waals surface area contributed by atoms with Crippen LogP contribution in [0.1, 0.15) is 57.1 Å². The van der Waals surface area contributed by atoms with Crippen molar-refractivity contribution in [3.05, 3.63) is 53.6 Å². The Morgan fingerprint density at radius 2 is 1.77 bits per heavy atom. The van der Waals surface area contributed by atoms with E-state index < -0.39 is 42.8 Å². The van der Waals surface area contributed by atoms with Gasteiger partial charge in [-0.2, -0.15) is 0 Å². The van der Waals surface area contributed by atoms with Gasteiger partial charge in [-0.1, -0.05) is 49.4 Å². The minimum Gasteiger partial charge on any atom is -0.481 e. The Kier molecular flexibility index (Phi) is 11.5. The molecule has 0 aliphatic heterocycles. The van der Waals surface area contributed by atoms with E-state index in [1.165, 1.54) is 5.57 Å². The first-order valence-corrected chi connectivity index (χ1v) is 11.7. The molecule has 1 aromatic rings. The number of carboxylic acids is 1. The highest BCUT2D eigenvalue weighted by Crippen LogP contribution is 2.22. The van der Waals surface area contributed by atoms with Gasteiger partial charge < -0.3 is 24.6 Å². The van der Waals surface area contributed by atoms with Crippen LogP contribution < -0.4 is 5.32 Å². The summed E-state index contributed by atoms with van der Waals surface area (Å²) in [5, 5.41) is 11.7. The molecular formula is C26H33NO8. The third kappa shape index (κ3) is 10.5. The smallest absolute Gasteiger partial charge is 0.481 e. The molecule has 2 rings (SSSR count). The summed E-state index contributed by atoms with van der Waals surface area (Å²) in [7, 11) is 0. The van der Waals surface area contributed by atoms with Gasteiger partial charge in [0.2, 0.25) is 12.7 Å². The molecule has 9 nitrogen and oxygen atoms in total. The van der Waals surface area contributed by atoms with E-state index in [1.807, 2.05) is 24.3 Å². The quantitative estimate of drug-likeness (QED) is 0.315. The summed E-state index contributed by atoms with van der Waals surface area (Å²) in [6.45, 7) is 2.84. The molecule has 0 aromatic heterocycles. The number of hydrogen-bond acceptors (Lipinski definition) is 7. The number of allylic oxidation sites excluding steroid dienone is 4. The summed E-state index contributed by atoms with van der Waals surface area (Å²) in [6.07, 6.45) is 7.83. The number of carboxylic acid groups (broad SMARTS) is 1. The van der Waals surface area contributed by atoms with Crippen LogP contribution in [0.2, 0.25) is 0 Å². The highest BCUT2D eigenvalue weighted by molar-refractivity contribution is 5.81. The minimum absolute atomic E-state index is 0.141. The zero-order valence-electron chi connectivity index (χ0n) is 20.2. The van der Waals surface area contributed by atoms with E-state index in [9.17, 15) is 19.2 Å². The third-order valence-electron chi connectivity index (χ3n) is 5.38. The molecule has 9 heteroatoms. The van der Waals surface area contributed by atoms with Crippen molar-refractivity contribution < 1.29 is 38.5 Å². The standard InChI is InChI=1S/C26H33NO8/c1-3-33-26(32)35-17-34-25(31)18(2)15-22(27-23(28)13-14-24(29)30)16-19-9-11-21(12-10-19)20-7-5-4-6-8-20/h5,7-12,18,22H,3-4,6,13-17H2,1-2H3,(H,27,28)(H,29,30). The third-order valence-corrected chi connectivity index (χ3v) is 5.38. The van der Waals surface area contributed by atoms with Crippen LogP contribution in [0, 0.1) is 5.92 Å². The maximum atomic E-state index is 12.3. The molecule has 2 N–H and O–H groups in total. The fourth-order valence-electron chi connectivity index (χ4n) is 3.62. The molecule has 0 fully saturated rings. The van der Waals surface area contributed by atoms with Crippen molar-refractivity contribution in [3.8, 4) is 0 Å². The van der Waals surface area contributed by atoms with Gasteiger partial charge in [0.25, 0.3) is 0 Å². The zero-order chi connectivity index (χ0) is 25.6. The van der Waals surface area contributed by atoms with Crippen LogP contribution in [-0.2, 0) is 35.0 Å². The Morgan fingerprint density at radius 1 is 1.03 bits per heavy atom. The van der Waals surface area contributed by atoms with Gasteiger partial charge in [-0.05, 0) is 49.3 Å². The van der Waals surface area contributed by atoms with E-state index >= 15 is 0 Å². The van der Waals surface area contributed by atoms with E-state index in [1.54, 1.807) is 13.8 Å². The van der Waals surface area contributed by atoms with Gasteiger partial charge in [0, 0.05) is 12.5 Å². The Hall–Kier alpha value is -3.62. The normalized spacial score (nSPS) is 14.3. The molecule has 190 valence electrons. The van der Waals surface area contributed by atoms with Crippen LogP contribution in [0.5, 0.6) is 0 Å². The molecule has 0 spiro atoms. The lowest BCUT2D eigenvalue weighted by Gasteiger charge is -2.22. The molecule has 1 amide bonds. The van der Waals surface area contributed by atoms with Gasteiger partial charge in [-0.15, -0.1) is 0 Å². The predicted octanol–water partition coefficient (Wildman–Crippen LogP) is 4.01. The molecule has 0 radical (unpaired) electrons. The fourth-order valence-corrected chi connectivity index (χ4v) is 3.62. The first-order valence-electron chi connectivity index (χ1n) is 11.7. The number of ether oxygens (including phenoxy) is 3. The van der Waals surface area contributed by atoms with Crippen molar-refractivity contribution in [2.75, 3.05) is 13.4 Å². The zero-order valence-corrected chi connectivity index (χ0v) is 20.2. The van der Waals surface area contributed by atoms with E-state index in [0.29, 0.717) is 6.42 Å². The number of nitrogens with one attached hydrogen (secondary N) is 1. The number of carbonyl (C=O) groups is 4. The van der Waals surface area contributed by atoms with Crippen LogP contribution in [0.25, 0.3) is 5.57 Å². The van der Waals surface area contributed by atoms with Crippen molar-refractivity contribution in [2.24, 2.45) is 5.92 Å². The summed E-state index contributed by atoms with van der Waals surface area (Å²) in [6, 6.07) is 7.57. The highest BCUT2D eigenvalue weighted by Gasteiger charge is 2.23. The topological polar surface area (TPSA) is 128 Å². The number of rotatable bonds is 13. The first-order chi connectivity index (χ1) is 16.8. The lowest BCUT2D eigenvalue weighted by Crippen LogP contribution is -2.39. The Balaban J connectivity index is 1.99. The van der Waals surface area contributed by atoms with Gasteiger partial charge in [-0.25, -0.2) is 4.79 Å². The van der Waals surface area contributed by atoms with E-state index in [-0.39, 0.29) is 25.9 Å². The van der Waals surface area contributed by atoms with Crippen molar-refractivity contribution in [1.29, 1.82) is 0 Å². The molecule has 0 bridgehead atoms. The van der Waals surface area contributed by atoms with Crippen molar-refractivity contribution in [2.45, 2.75) is 58.4 Å². The van der Waals surface area contributed by atoms with Crippen LogP contribution in [-0.4, -0.2) is 48.5 Å². The second-order valence-corrected chi connectivity index (χ2v) is 8.24. The van der Waals surface area contributed by atoms with Gasteiger partial charge in [0.05, 0.1) is 18.9 Å². The minimum atomic E-state index is -1.06. The van der Waals surface area contributed by atoms with Gasteiger partial charge >= 0.3 is 18.1 Å². The maximum Gasteiger partial charge on any atom is 0.511 e. The number of amides is 1. The first kappa shape index (κ1) is 27.6. The van der Waals surface area contributed by atoms with Gasteiger partial charge in [0.1, 0.15) is 0 Å². The molecule has 1 aliphatic carbocycles. The summed E-state index contributed by atoms with van der Waals surface area (Å²) in [5.41, 5.74) is 3.23. The van der Waals surface area contributed by atoms with Crippen molar-refractivity contribution >= 4 is 29.6 Å². The van der Waals surface area contributed by atoms with E-state index in [2.05, 4.69) is 33.0 Å². The van der Waals surface area contributed by atoms with Gasteiger partial charge in [-0.3, -0.25) is 14.4 Å². The molecule has 35 heavy (non-hydrogen) atoms. The second kappa shape index (κ2) is 14.6. The van der Waals surface area contributed by atoms with Crippen molar-refractivity contribution in [3.63, 3.8) is 0 Å². The average molecular weight is 488 g/mol. The van der Waals surface area contributed by atoms with Crippen LogP contribution in [0.15, 0.2) is 42.5 Å². The number of esters is 1. The molecule has 2 unspecified atom stereocenters. The van der Waals surface area contributed by atoms with Gasteiger partial charge in [0.15, 0.2) is 0 Å². The highest BCUT2D eigenvalue weighted by atomic mass is 16.8. The number of hydrogen-bond donors (Lipinski definition) is 2. The summed E-state index contributed by atoms with van der Waals surface area (Å²) < 4.78 is 14.2. The maximum absolute atomic E-state index is 12.3. The molecule has 1 aliphatic rings. The molecular weight excluding hydrogens is 454 g/mol. The largest absolute Gasteiger partial charge is 0.511 e. The molecule has 0 saturated carbocycles. The number of aliphatic carboxylic acids is 1. The van der Waals surface area contributed by atoms with Crippen LogP contribution in [0.4, 0.5) is 4.79 Å². The summed E-state index contributed by atoms with van der Waals surface area (Å²) in [4.78, 5) is 46.6. The molecule has 1 aromatic carbocycles. The Bertz CT molecular complexity index is 935. The molecule has 0 saturated heterocycles. The average Bonchev–Trinajstić information content (AvgIpc) is 2.83. The summed E-state index contributed by atoms with van der Waals surface area (Å²) in [5.74, 6) is -2.66. The lowest BCUT2D eigenvalue weighted by molar-refractivity contribution is -0.158. The molecule has 2 atom stereocenters.